The molecule has 122 valence electrons. The van der Waals surface area contributed by atoms with E-state index in [9.17, 15) is 8.78 Å². The number of hydrogen-bond acceptors (Lipinski definition) is 4. The third-order valence-corrected chi connectivity index (χ3v) is 3.69. The molecule has 0 fully saturated rings. The van der Waals surface area contributed by atoms with Crippen molar-refractivity contribution in [2.24, 2.45) is 9.98 Å². The van der Waals surface area contributed by atoms with E-state index in [0.29, 0.717) is 28.6 Å². The first-order chi connectivity index (χ1) is 12.2. The van der Waals surface area contributed by atoms with Crippen molar-refractivity contribution in [3.63, 3.8) is 0 Å². The Kier molecular flexibility index (Phi) is 3.78. The van der Waals surface area contributed by atoms with Crippen LogP contribution < -0.4 is 5.32 Å². The Labute approximate surface area is 142 Å². The van der Waals surface area contributed by atoms with Crippen LogP contribution in [-0.2, 0) is 0 Å². The normalized spacial score (nSPS) is 13.2. The Hall–Kier alpha value is -3.41. The highest BCUT2D eigenvalue weighted by Gasteiger charge is 2.16. The molecule has 25 heavy (non-hydrogen) atoms. The topological polar surface area (TPSA) is 49.6 Å². The number of nitrogens with zero attached hydrogens (tertiary/aromatic N) is 3. The maximum Gasteiger partial charge on any atom is 0.162 e. The van der Waals surface area contributed by atoms with Gasteiger partial charge in [-0.2, -0.15) is 0 Å². The van der Waals surface area contributed by atoms with Gasteiger partial charge in [-0.1, -0.05) is 0 Å². The summed E-state index contributed by atoms with van der Waals surface area (Å²) in [5.74, 6) is 0.171. The van der Waals surface area contributed by atoms with Gasteiger partial charge in [-0.05, 0) is 54.6 Å². The molecule has 3 aromatic rings. The highest BCUT2D eigenvalue weighted by Crippen LogP contribution is 2.29. The Morgan fingerprint density at radius 2 is 1.60 bits per heavy atom. The van der Waals surface area contributed by atoms with Gasteiger partial charge in [0.1, 0.15) is 17.5 Å². The lowest BCUT2D eigenvalue weighted by molar-refractivity contribution is 0.627. The van der Waals surface area contributed by atoms with E-state index in [0.717, 1.165) is 5.56 Å². The van der Waals surface area contributed by atoms with Gasteiger partial charge >= 0.3 is 0 Å². The highest BCUT2D eigenvalue weighted by molar-refractivity contribution is 6.19. The van der Waals surface area contributed by atoms with Gasteiger partial charge in [0, 0.05) is 23.5 Å². The van der Waals surface area contributed by atoms with Crippen molar-refractivity contribution in [3.05, 3.63) is 89.8 Å². The van der Waals surface area contributed by atoms with Crippen LogP contribution in [0, 0.1) is 11.6 Å². The number of fused-ring (bicyclic) bond motifs is 1. The van der Waals surface area contributed by atoms with Crippen LogP contribution in [0.2, 0.25) is 0 Å². The second kappa shape index (κ2) is 6.24. The monoisotopic (exact) mass is 334 g/mol. The van der Waals surface area contributed by atoms with Gasteiger partial charge in [-0.25, -0.2) is 18.8 Å². The van der Waals surface area contributed by atoms with Crippen molar-refractivity contribution in [2.45, 2.75) is 0 Å². The summed E-state index contributed by atoms with van der Waals surface area (Å²) >= 11 is 0. The van der Waals surface area contributed by atoms with Crippen molar-refractivity contribution in [1.29, 1.82) is 0 Å². The van der Waals surface area contributed by atoms with Gasteiger partial charge < -0.3 is 5.32 Å². The molecular weight excluding hydrogens is 322 g/mol. The first-order valence-corrected chi connectivity index (χ1v) is 7.59. The number of hydrogen-bond donors (Lipinski definition) is 1. The van der Waals surface area contributed by atoms with E-state index in [2.05, 4.69) is 20.3 Å². The van der Waals surface area contributed by atoms with Crippen molar-refractivity contribution in [3.8, 4) is 0 Å². The van der Waals surface area contributed by atoms with Gasteiger partial charge in [0.15, 0.2) is 5.84 Å². The molecule has 0 radical (unpaired) electrons. The van der Waals surface area contributed by atoms with Crippen molar-refractivity contribution in [1.82, 2.24) is 4.98 Å². The van der Waals surface area contributed by atoms with Crippen molar-refractivity contribution in [2.75, 3.05) is 5.32 Å². The van der Waals surface area contributed by atoms with Crippen LogP contribution in [-0.4, -0.2) is 16.7 Å². The predicted molar refractivity (Wildman–Crippen MR) is 93.4 cm³/mol. The quantitative estimate of drug-likeness (QED) is 0.759. The lowest BCUT2D eigenvalue weighted by Gasteiger charge is -2.09. The molecule has 0 saturated heterocycles. The zero-order chi connectivity index (χ0) is 17.2. The maximum absolute atomic E-state index is 13.6. The van der Waals surface area contributed by atoms with Crippen molar-refractivity contribution >= 4 is 23.0 Å². The molecule has 0 amide bonds. The molecule has 1 aliphatic rings. The van der Waals surface area contributed by atoms with Crippen molar-refractivity contribution < 1.29 is 8.78 Å². The number of anilines is 1. The molecule has 0 bridgehead atoms. The zero-order valence-electron chi connectivity index (χ0n) is 12.9. The summed E-state index contributed by atoms with van der Waals surface area (Å²) in [5.41, 5.74) is 2.43. The number of rotatable bonds is 2. The molecule has 6 heteroatoms. The Morgan fingerprint density at radius 3 is 2.36 bits per heavy atom. The molecule has 0 saturated carbocycles. The summed E-state index contributed by atoms with van der Waals surface area (Å²) in [4.78, 5) is 13.2. The van der Waals surface area contributed by atoms with Gasteiger partial charge in [0.25, 0.3) is 0 Å². The minimum atomic E-state index is -0.378. The molecule has 4 rings (SSSR count). The largest absolute Gasteiger partial charge is 0.338 e. The molecule has 1 aromatic heterocycles. The van der Waals surface area contributed by atoms with Gasteiger partial charge in [0.05, 0.1) is 11.4 Å². The van der Waals surface area contributed by atoms with E-state index in [1.54, 1.807) is 36.7 Å². The standard InChI is InChI=1S/C19H12F2N4/c20-14-5-3-12(4-6-14)18-23-16-8-7-15(21)10-17(16)24-19(25-18)13-2-1-9-22-11-13/h1-11H,(H,23,24,25). The van der Waals surface area contributed by atoms with Crippen LogP contribution in [0.15, 0.2) is 77.0 Å². The van der Waals surface area contributed by atoms with Gasteiger partial charge in [-0.15, -0.1) is 0 Å². The minimum Gasteiger partial charge on any atom is -0.338 e. The van der Waals surface area contributed by atoms with Crippen LogP contribution in [0.3, 0.4) is 0 Å². The number of pyridine rings is 1. The first-order valence-electron chi connectivity index (χ1n) is 7.59. The lowest BCUT2D eigenvalue weighted by atomic mass is 10.2. The summed E-state index contributed by atoms with van der Waals surface area (Å²) in [7, 11) is 0. The van der Waals surface area contributed by atoms with Gasteiger partial charge in [0.2, 0.25) is 0 Å². The summed E-state index contributed by atoms with van der Waals surface area (Å²) in [6, 6.07) is 13.8. The highest BCUT2D eigenvalue weighted by atomic mass is 19.1. The lowest BCUT2D eigenvalue weighted by Crippen LogP contribution is -2.15. The smallest absolute Gasteiger partial charge is 0.162 e. The summed E-state index contributed by atoms with van der Waals surface area (Å²) in [5, 5.41) is 3.11. The molecule has 0 atom stereocenters. The fourth-order valence-corrected chi connectivity index (χ4v) is 2.47. The third kappa shape index (κ3) is 3.14. The van der Waals surface area contributed by atoms with E-state index in [-0.39, 0.29) is 11.6 Å². The summed E-state index contributed by atoms with van der Waals surface area (Å²) < 4.78 is 26.9. The second-order valence-electron chi connectivity index (χ2n) is 5.43. The molecule has 2 heterocycles. The molecule has 4 nitrogen and oxygen atoms in total. The van der Waals surface area contributed by atoms with E-state index < -0.39 is 0 Å². The van der Waals surface area contributed by atoms with Crippen LogP contribution in [0.5, 0.6) is 0 Å². The Bertz CT molecular complexity index is 980. The molecule has 0 spiro atoms. The number of aliphatic imine (C=N–C) groups is 2. The fourth-order valence-electron chi connectivity index (χ4n) is 2.47. The average molecular weight is 334 g/mol. The van der Waals surface area contributed by atoms with E-state index >= 15 is 0 Å². The SMILES string of the molecule is Fc1ccc(C2=Nc3ccc(F)cc3NC(c3cccnc3)=N2)cc1. The first kappa shape index (κ1) is 15.1. The van der Waals surface area contributed by atoms with E-state index in [1.807, 2.05) is 6.07 Å². The van der Waals surface area contributed by atoms with Crippen LogP contribution >= 0.6 is 0 Å². The van der Waals surface area contributed by atoms with Crippen LogP contribution in [0.4, 0.5) is 20.2 Å². The molecule has 0 unspecified atom stereocenters. The molecule has 1 aliphatic heterocycles. The average Bonchev–Trinajstić information content (AvgIpc) is 2.82. The summed E-state index contributed by atoms with van der Waals surface area (Å²) in [6.45, 7) is 0. The third-order valence-electron chi connectivity index (χ3n) is 3.69. The van der Waals surface area contributed by atoms with Crippen LogP contribution in [0.1, 0.15) is 11.1 Å². The number of aromatic nitrogens is 1. The Balaban J connectivity index is 1.89. The number of halogens is 2. The molecule has 2 aromatic carbocycles. The molecule has 1 N–H and O–H groups in total. The second-order valence-corrected chi connectivity index (χ2v) is 5.43. The number of nitrogens with one attached hydrogen (secondary N) is 1. The fraction of sp³-hybridized carbons (Fsp3) is 0. The van der Waals surface area contributed by atoms with E-state index in [1.165, 1.54) is 24.3 Å². The van der Waals surface area contributed by atoms with Gasteiger partial charge in [-0.3, -0.25) is 4.98 Å². The van der Waals surface area contributed by atoms with E-state index in [4.69, 9.17) is 0 Å². The number of benzene rings is 2. The predicted octanol–water partition coefficient (Wildman–Crippen LogP) is 4.31. The molecular formula is C19H12F2N4. The molecule has 0 aliphatic carbocycles. The Morgan fingerprint density at radius 1 is 0.800 bits per heavy atom. The maximum atomic E-state index is 13.6. The number of amidine groups is 2. The minimum absolute atomic E-state index is 0.338. The zero-order valence-corrected chi connectivity index (χ0v) is 12.9. The summed E-state index contributed by atoms with van der Waals surface area (Å²) in [6.07, 6.45) is 3.31. The van der Waals surface area contributed by atoms with Crippen LogP contribution in [0.25, 0.3) is 0 Å².